The van der Waals surface area contributed by atoms with Crippen LogP contribution in [-0.2, 0) is 14.8 Å². The lowest BCUT2D eigenvalue weighted by atomic mass is 10.3. The van der Waals surface area contributed by atoms with Crippen LogP contribution in [0.5, 0.6) is 0 Å². The molecule has 9 heteroatoms. The number of sulfonamides is 1. The number of amides is 1. The Morgan fingerprint density at radius 2 is 1.96 bits per heavy atom. The van der Waals surface area contributed by atoms with Crippen LogP contribution in [0.25, 0.3) is 0 Å². The largest absolute Gasteiger partial charge is 0.325 e. The zero-order valence-electron chi connectivity index (χ0n) is 14.5. The van der Waals surface area contributed by atoms with Crippen molar-refractivity contribution >= 4 is 45.0 Å². The van der Waals surface area contributed by atoms with Crippen LogP contribution < -0.4 is 5.32 Å². The van der Waals surface area contributed by atoms with Gasteiger partial charge in [0.05, 0.1) is 10.8 Å². The van der Waals surface area contributed by atoms with Gasteiger partial charge in [0.25, 0.3) is 0 Å². The normalized spacial score (nSPS) is 11.5. The third-order valence-electron chi connectivity index (χ3n) is 3.51. The van der Waals surface area contributed by atoms with Crippen LogP contribution >= 0.6 is 23.4 Å². The maximum Gasteiger partial charge on any atom is 0.244 e. The minimum atomic E-state index is -3.52. The van der Waals surface area contributed by atoms with Gasteiger partial charge in [0.1, 0.15) is 4.90 Å². The van der Waals surface area contributed by atoms with E-state index in [4.69, 9.17) is 11.6 Å². The molecule has 0 radical (unpaired) electrons. The predicted octanol–water partition coefficient (Wildman–Crippen LogP) is 3.50. The van der Waals surface area contributed by atoms with Crippen molar-refractivity contribution in [3.63, 3.8) is 0 Å². The third kappa shape index (κ3) is 5.44. The fourth-order valence-corrected chi connectivity index (χ4v) is 4.46. The molecular formula is C17H20ClN3O3S2. The molecule has 1 heterocycles. The zero-order chi connectivity index (χ0) is 19.2. The van der Waals surface area contributed by atoms with Crippen LogP contribution in [0, 0.1) is 0 Å². The second-order valence-corrected chi connectivity index (χ2v) is 8.64. The highest BCUT2D eigenvalue weighted by atomic mass is 35.5. The van der Waals surface area contributed by atoms with E-state index in [2.05, 4.69) is 10.3 Å². The van der Waals surface area contributed by atoms with Gasteiger partial charge in [-0.05, 0) is 30.3 Å². The fraction of sp³-hybridized carbons (Fsp3) is 0.294. The predicted molar refractivity (Wildman–Crippen MR) is 105 cm³/mol. The molecule has 0 aliphatic carbocycles. The Hall–Kier alpha value is -1.61. The summed E-state index contributed by atoms with van der Waals surface area (Å²) in [5, 5.41) is 3.86. The highest BCUT2D eigenvalue weighted by molar-refractivity contribution is 7.99. The third-order valence-corrected chi connectivity index (χ3v) is 6.72. The maximum atomic E-state index is 12.4. The average Bonchev–Trinajstić information content (AvgIpc) is 2.61. The Kier molecular flexibility index (Phi) is 7.45. The van der Waals surface area contributed by atoms with Crippen LogP contribution in [0.15, 0.2) is 52.5 Å². The molecule has 0 spiro atoms. The van der Waals surface area contributed by atoms with E-state index >= 15 is 0 Å². The first kappa shape index (κ1) is 20.7. The van der Waals surface area contributed by atoms with Gasteiger partial charge >= 0.3 is 0 Å². The molecule has 2 aromatic rings. The molecule has 0 saturated heterocycles. The van der Waals surface area contributed by atoms with Gasteiger partial charge < -0.3 is 5.32 Å². The number of rotatable bonds is 8. The number of aromatic nitrogens is 1. The average molecular weight is 414 g/mol. The lowest BCUT2D eigenvalue weighted by Crippen LogP contribution is -2.30. The molecule has 6 nitrogen and oxygen atoms in total. The summed E-state index contributed by atoms with van der Waals surface area (Å²) in [6.45, 7) is 4.38. The molecule has 0 atom stereocenters. The van der Waals surface area contributed by atoms with E-state index in [9.17, 15) is 13.2 Å². The number of hydrogen-bond donors (Lipinski definition) is 1. The first-order chi connectivity index (χ1) is 12.4. The number of halogens is 1. The Bertz CT molecular complexity index is 854. The van der Waals surface area contributed by atoms with Gasteiger partial charge in [0.15, 0.2) is 0 Å². The molecule has 26 heavy (non-hydrogen) atoms. The molecule has 0 aliphatic rings. The Labute approximate surface area is 163 Å². The molecule has 1 aromatic heterocycles. The molecule has 1 N–H and O–H groups in total. The summed E-state index contributed by atoms with van der Waals surface area (Å²) in [5.74, 6) is -0.0410. The summed E-state index contributed by atoms with van der Waals surface area (Å²) in [6.07, 6.45) is 1.32. The molecule has 0 saturated carbocycles. The van der Waals surface area contributed by atoms with Crippen LogP contribution in [0.3, 0.4) is 0 Å². The summed E-state index contributed by atoms with van der Waals surface area (Å²) in [7, 11) is -3.52. The number of nitrogens with one attached hydrogen (secondary N) is 1. The van der Waals surface area contributed by atoms with E-state index in [0.29, 0.717) is 28.8 Å². The second-order valence-electron chi connectivity index (χ2n) is 5.27. The number of benzene rings is 1. The van der Waals surface area contributed by atoms with E-state index in [1.54, 1.807) is 44.2 Å². The standard InChI is InChI=1S/C17H20ClN3O3S2/c1-3-21(4-2)26(23,24)15-8-9-17(19-11-15)25-12-16(22)20-14-7-5-6-13(18)10-14/h5-11H,3-4,12H2,1-2H3,(H,20,22). The van der Waals surface area contributed by atoms with Crippen molar-refractivity contribution in [3.8, 4) is 0 Å². The summed E-state index contributed by atoms with van der Waals surface area (Å²) in [4.78, 5) is 16.3. The minimum absolute atomic E-state index is 0.147. The number of thioether (sulfide) groups is 1. The first-order valence-electron chi connectivity index (χ1n) is 8.01. The Morgan fingerprint density at radius 1 is 1.23 bits per heavy atom. The molecule has 0 fully saturated rings. The van der Waals surface area contributed by atoms with Gasteiger partial charge in [-0.2, -0.15) is 4.31 Å². The molecule has 140 valence electrons. The van der Waals surface area contributed by atoms with E-state index < -0.39 is 10.0 Å². The van der Waals surface area contributed by atoms with E-state index in [0.717, 1.165) is 0 Å². The van der Waals surface area contributed by atoms with Crippen molar-refractivity contribution in [1.82, 2.24) is 9.29 Å². The molecule has 0 aliphatic heterocycles. The quantitative estimate of drug-likeness (QED) is 0.670. The Morgan fingerprint density at radius 3 is 2.54 bits per heavy atom. The smallest absolute Gasteiger partial charge is 0.244 e. The Balaban J connectivity index is 1.96. The monoisotopic (exact) mass is 413 g/mol. The second kappa shape index (κ2) is 9.36. The summed E-state index contributed by atoms with van der Waals surface area (Å²) < 4.78 is 26.2. The lowest BCUT2D eigenvalue weighted by molar-refractivity contribution is -0.113. The minimum Gasteiger partial charge on any atom is -0.325 e. The van der Waals surface area contributed by atoms with Gasteiger partial charge in [-0.25, -0.2) is 13.4 Å². The molecule has 0 bridgehead atoms. The zero-order valence-corrected chi connectivity index (χ0v) is 16.9. The van der Waals surface area contributed by atoms with Crippen molar-refractivity contribution in [2.75, 3.05) is 24.2 Å². The van der Waals surface area contributed by atoms with E-state index in [-0.39, 0.29) is 16.6 Å². The number of pyridine rings is 1. The number of carbonyl (C=O) groups excluding carboxylic acids is 1. The molecule has 1 amide bonds. The van der Waals surface area contributed by atoms with Crippen molar-refractivity contribution in [2.24, 2.45) is 0 Å². The molecule has 0 unspecified atom stereocenters. The molecule has 2 rings (SSSR count). The van der Waals surface area contributed by atoms with Crippen LogP contribution in [0.2, 0.25) is 5.02 Å². The van der Waals surface area contributed by atoms with E-state index in [1.807, 2.05) is 0 Å². The topological polar surface area (TPSA) is 79.4 Å². The highest BCUT2D eigenvalue weighted by Crippen LogP contribution is 2.20. The van der Waals surface area contributed by atoms with Crippen LogP contribution in [0.1, 0.15) is 13.8 Å². The SMILES string of the molecule is CCN(CC)S(=O)(=O)c1ccc(SCC(=O)Nc2cccc(Cl)c2)nc1. The fourth-order valence-electron chi connectivity index (χ4n) is 2.22. The van der Waals surface area contributed by atoms with Gasteiger partial charge in [-0.1, -0.05) is 43.3 Å². The van der Waals surface area contributed by atoms with Crippen molar-refractivity contribution < 1.29 is 13.2 Å². The maximum absolute atomic E-state index is 12.4. The molecule has 1 aromatic carbocycles. The van der Waals surface area contributed by atoms with Gasteiger partial charge in [0.2, 0.25) is 15.9 Å². The first-order valence-corrected chi connectivity index (χ1v) is 10.8. The number of anilines is 1. The number of hydrogen-bond acceptors (Lipinski definition) is 5. The van der Waals surface area contributed by atoms with Gasteiger partial charge in [-0.15, -0.1) is 0 Å². The lowest BCUT2D eigenvalue weighted by Gasteiger charge is -2.18. The van der Waals surface area contributed by atoms with Gasteiger partial charge in [-0.3, -0.25) is 4.79 Å². The van der Waals surface area contributed by atoms with Crippen LogP contribution in [0.4, 0.5) is 5.69 Å². The number of nitrogens with zero attached hydrogens (tertiary/aromatic N) is 2. The van der Waals surface area contributed by atoms with Crippen molar-refractivity contribution in [3.05, 3.63) is 47.6 Å². The summed E-state index contributed by atoms with van der Waals surface area (Å²) in [5.41, 5.74) is 0.622. The van der Waals surface area contributed by atoms with Crippen molar-refractivity contribution in [1.29, 1.82) is 0 Å². The van der Waals surface area contributed by atoms with Crippen LogP contribution in [-0.4, -0.2) is 42.5 Å². The molecular weight excluding hydrogens is 394 g/mol. The van der Waals surface area contributed by atoms with Crippen molar-refractivity contribution in [2.45, 2.75) is 23.8 Å². The summed E-state index contributed by atoms with van der Waals surface area (Å²) >= 11 is 7.10. The number of carbonyl (C=O) groups is 1. The van der Waals surface area contributed by atoms with E-state index in [1.165, 1.54) is 28.3 Å². The highest BCUT2D eigenvalue weighted by Gasteiger charge is 2.21. The summed E-state index contributed by atoms with van der Waals surface area (Å²) in [6, 6.07) is 10.0. The van der Waals surface area contributed by atoms with Gasteiger partial charge in [0, 0.05) is 30.0 Å².